The number of halogens is 2. The fourth-order valence-electron chi connectivity index (χ4n) is 3.34. The molecular formula is C25H22F2N4O4S. The highest BCUT2D eigenvalue weighted by atomic mass is 32.2. The molecule has 3 N–H and O–H groups in total. The zero-order valence-electron chi connectivity index (χ0n) is 18.9. The Morgan fingerprint density at radius 1 is 0.917 bits per heavy atom. The van der Waals surface area contributed by atoms with Crippen LogP contribution in [0, 0.1) is 11.6 Å². The summed E-state index contributed by atoms with van der Waals surface area (Å²) in [5.74, 6) is -1.08. The number of sulfonamides is 1. The Kier molecular flexibility index (Phi) is 7.41. The molecular weight excluding hydrogens is 490 g/mol. The summed E-state index contributed by atoms with van der Waals surface area (Å²) < 4.78 is 56.5. The zero-order valence-corrected chi connectivity index (χ0v) is 19.7. The fraction of sp³-hybridized carbons (Fsp3) is 0.120. The third-order valence-electron chi connectivity index (χ3n) is 5.25. The number of nitrogens with one attached hydrogen (secondary N) is 1. The van der Waals surface area contributed by atoms with E-state index >= 15 is 0 Å². The highest BCUT2D eigenvalue weighted by Gasteiger charge is 2.19. The van der Waals surface area contributed by atoms with Crippen molar-refractivity contribution in [3.8, 4) is 11.4 Å². The van der Waals surface area contributed by atoms with Gasteiger partial charge in [0, 0.05) is 6.54 Å². The summed E-state index contributed by atoms with van der Waals surface area (Å²) in [6.45, 7) is 0.320. The number of nitrogens with zero attached hydrogens (tertiary/aromatic N) is 2. The first-order valence-electron chi connectivity index (χ1n) is 10.8. The monoisotopic (exact) mass is 512 g/mol. The van der Waals surface area contributed by atoms with Gasteiger partial charge in [-0.1, -0.05) is 24.3 Å². The molecule has 36 heavy (non-hydrogen) atoms. The molecule has 0 aliphatic carbocycles. The number of primary sulfonamides is 1. The number of aromatic nitrogens is 2. The van der Waals surface area contributed by atoms with Crippen molar-refractivity contribution in [2.45, 2.75) is 17.9 Å². The number of rotatable bonds is 9. The Bertz CT molecular complexity index is 1450. The molecule has 4 aromatic rings. The third kappa shape index (κ3) is 6.32. The number of ether oxygens (including phenoxy) is 1. The van der Waals surface area contributed by atoms with Crippen molar-refractivity contribution in [2.75, 3.05) is 6.54 Å². The predicted molar refractivity (Wildman–Crippen MR) is 128 cm³/mol. The van der Waals surface area contributed by atoms with E-state index < -0.39 is 21.7 Å². The van der Waals surface area contributed by atoms with Crippen molar-refractivity contribution in [2.24, 2.45) is 5.14 Å². The van der Waals surface area contributed by atoms with Crippen LogP contribution in [-0.2, 0) is 23.1 Å². The molecule has 1 amide bonds. The van der Waals surface area contributed by atoms with Crippen LogP contribution < -0.4 is 15.2 Å². The lowest BCUT2D eigenvalue weighted by molar-refractivity contribution is 0.0944. The van der Waals surface area contributed by atoms with E-state index in [-0.39, 0.29) is 35.3 Å². The quantitative estimate of drug-likeness (QED) is 0.357. The minimum atomic E-state index is -3.78. The molecule has 11 heteroatoms. The minimum absolute atomic E-state index is 0.00423. The largest absolute Gasteiger partial charge is 0.485 e. The topological polar surface area (TPSA) is 116 Å². The molecule has 0 spiro atoms. The summed E-state index contributed by atoms with van der Waals surface area (Å²) in [6, 6.07) is 17.4. The maximum atomic E-state index is 13.3. The maximum Gasteiger partial charge on any atom is 0.275 e. The standard InChI is InChI=1S/C25H22F2N4O4S/c26-19-5-1-18(2-6-19)16-35-23-15-31(21-9-7-20(27)8-10-21)30-24(23)25(32)29-14-13-17-3-11-22(12-4-17)36(28,33)34/h1-12,15H,13-14,16H2,(H,29,32)(H2,28,33,34). The molecule has 0 atom stereocenters. The molecule has 0 saturated carbocycles. The van der Waals surface area contributed by atoms with Crippen LogP contribution in [0.3, 0.4) is 0 Å². The molecule has 0 aliphatic rings. The molecule has 0 bridgehead atoms. The van der Waals surface area contributed by atoms with Crippen molar-refractivity contribution in [3.63, 3.8) is 0 Å². The lowest BCUT2D eigenvalue weighted by Crippen LogP contribution is -2.26. The summed E-state index contributed by atoms with van der Waals surface area (Å²) in [6.07, 6.45) is 1.94. The lowest BCUT2D eigenvalue weighted by Gasteiger charge is -2.08. The van der Waals surface area contributed by atoms with Crippen LogP contribution in [0.1, 0.15) is 21.6 Å². The van der Waals surface area contributed by atoms with Crippen LogP contribution in [0.25, 0.3) is 5.69 Å². The van der Waals surface area contributed by atoms with Crippen molar-refractivity contribution in [3.05, 3.63) is 107 Å². The predicted octanol–water partition coefficient (Wildman–Crippen LogP) is 3.35. The Labute approximate surface area is 206 Å². The Hall–Kier alpha value is -4.09. The number of carbonyl (C=O) groups excluding carboxylic acids is 1. The summed E-state index contributed by atoms with van der Waals surface area (Å²) in [7, 11) is -3.78. The van der Waals surface area contributed by atoms with Crippen LogP contribution in [0.5, 0.6) is 5.75 Å². The number of hydrogen-bond acceptors (Lipinski definition) is 5. The van der Waals surface area contributed by atoms with E-state index in [9.17, 15) is 22.0 Å². The summed E-state index contributed by atoms with van der Waals surface area (Å²) in [5, 5.41) is 12.2. The van der Waals surface area contributed by atoms with Crippen LogP contribution >= 0.6 is 0 Å². The maximum absolute atomic E-state index is 13.3. The molecule has 0 saturated heterocycles. The molecule has 1 aromatic heterocycles. The van der Waals surface area contributed by atoms with Crippen molar-refractivity contribution >= 4 is 15.9 Å². The van der Waals surface area contributed by atoms with Crippen LogP contribution in [0.2, 0.25) is 0 Å². The van der Waals surface area contributed by atoms with E-state index in [1.54, 1.807) is 24.3 Å². The molecule has 0 fully saturated rings. The summed E-state index contributed by atoms with van der Waals surface area (Å²) in [5.41, 5.74) is 2.04. The first kappa shape index (κ1) is 25.0. The van der Waals surface area contributed by atoms with Gasteiger partial charge in [0.2, 0.25) is 10.0 Å². The molecule has 0 aliphatic heterocycles. The van der Waals surface area contributed by atoms with Crippen LogP contribution in [0.4, 0.5) is 8.78 Å². The van der Waals surface area contributed by atoms with Gasteiger partial charge in [0.05, 0.1) is 16.8 Å². The van der Waals surface area contributed by atoms with Gasteiger partial charge in [-0.05, 0) is 66.1 Å². The first-order chi connectivity index (χ1) is 17.2. The smallest absolute Gasteiger partial charge is 0.275 e. The van der Waals surface area contributed by atoms with Gasteiger partial charge in [-0.2, -0.15) is 5.10 Å². The van der Waals surface area contributed by atoms with Gasteiger partial charge < -0.3 is 10.1 Å². The second-order valence-electron chi connectivity index (χ2n) is 7.87. The average Bonchev–Trinajstić information content (AvgIpc) is 3.28. The van der Waals surface area contributed by atoms with Crippen molar-refractivity contribution in [1.29, 1.82) is 0 Å². The second-order valence-corrected chi connectivity index (χ2v) is 9.43. The van der Waals surface area contributed by atoms with Gasteiger partial charge in [0.15, 0.2) is 11.4 Å². The molecule has 0 unspecified atom stereocenters. The summed E-state index contributed by atoms with van der Waals surface area (Å²) >= 11 is 0. The minimum Gasteiger partial charge on any atom is -0.485 e. The summed E-state index contributed by atoms with van der Waals surface area (Å²) in [4.78, 5) is 12.9. The number of amides is 1. The lowest BCUT2D eigenvalue weighted by atomic mass is 10.1. The molecule has 4 rings (SSSR count). The van der Waals surface area contributed by atoms with E-state index in [4.69, 9.17) is 9.88 Å². The molecule has 1 heterocycles. The molecule has 8 nitrogen and oxygen atoms in total. The van der Waals surface area contributed by atoms with E-state index in [2.05, 4.69) is 10.4 Å². The fourth-order valence-corrected chi connectivity index (χ4v) is 3.85. The van der Waals surface area contributed by atoms with Crippen LogP contribution in [0.15, 0.2) is 83.9 Å². The van der Waals surface area contributed by atoms with Crippen molar-refractivity contribution in [1.82, 2.24) is 15.1 Å². The van der Waals surface area contributed by atoms with Crippen molar-refractivity contribution < 1.29 is 26.7 Å². The van der Waals surface area contributed by atoms with Gasteiger partial charge in [-0.15, -0.1) is 0 Å². The van der Waals surface area contributed by atoms with Gasteiger partial charge in [0.25, 0.3) is 5.91 Å². The highest BCUT2D eigenvalue weighted by molar-refractivity contribution is 7.89. The highest BCUT2D eigenvalue weighted by Crippen LogP contribution is 2.22. The van der Waals surface area contributed by atoms with Gasteiger partial charge >= 0.3 is 0 Å². The molecule has 0 radical (unpaired) electrons. The Morgan fingerprint density at radius 3 is 2.11 bits per heavy atom. The second kappa shape index (κ2) is 10.7. The van der Waals surface area contributed by atoms with Crippen LogP contribution in [-0.4, -0.2) is 30.7 Å². The SMILES string of the molecule is NS(=O)(=O)c1ccc(CCNC(=O)c2nn(-c3ccc(F)cc3)cc2OCc2ccc(F)cc2)cc1. The van der Waals surface area contributed by atoms with E-state index in [0.717, 1.165) is 5.56 Å². The molecule has 186 valence electrons. The normalized spacial score (nSPS) is 11.3. The number of benzene rings is 3. The van der Waals surface area contributed by atoms with E-state index in [0.29, 0.717) is 17.7 Å². The van der Waals surface area contributed by atoms with Gasteiger partial charge in [-0.25, -0.2) is 27.0 Å². The Balaban J connectivity index is 1.48. The first-order valence-corrected chi connectivity index (χ1v) is 12.4. The average molecular weight is 513 g/mol. The Morgan fingerprint density at radius 2 is 1.50 bits per heavy atom. The van der Waals surface area contributed by atoms with Gasteiger partial charge in [0.1, 0.15) is 18.2 Å². The third-order valence-corrected chi connectivity index (χ3v) is 6.17. The van der Waals surface area contributed by atoms with E-state index in [1.165, 1.54) is 59.4 Å². The molecule has 3 aromatic carbocycles. The number of nitrogens with two attached hydrogens (primary N) is 1. The van der Waals surface area contributed by atoms with Gasteiger partial charge in [-0.3, -0.25) is 4.79 Å². The van der Waals surface area contributed by atoms with E-state index in [1.807, 2.05) is 0 Å². The number of hydrogen-bond donors (Lipinski definition) is 2. The zero-order chi connectivity index (χ0) is 25.7. The number of carbonyl (C=O) groups is 1.